The van der Waals surface area contributed by atoms with Crippen molar-refractivity contribution in [1.29, 1.82) is 0 Å². The van der Waals surface area contributed by atoms with Crippen LogP contribution in [0.2, 0.25) is 0 Å². The Kier molecular flexibility index (Phi) is 6.06. The molecule has 1 heterocycles. The number of nitrogens with one attached hydrogen (secondary N) is 1. The molecule has 17 heavy (non-hydrogen) atoms. The summed E-state index contributed by atoms with van der Waals surface area (Å²) in [5.74, 6) is -1.12. The number of rotatable bonds is 6. The molecule has 0 aromatic carbocycles. The minimum Gasteiger partial charge on any atom is -0.313 e. The van der Waals surface area contributed by atoms with Crippen molar-refractivity contribution in [3.8, 4) is 0 Å². The lowest BCUT2D eigenvalue weighted by molar-refractivity contribution is 0.373. The average molecular weight is 281 g/mol. The summed E-state index contributed by atoms with van der Waals surface area (Å²) in [6, 6.07) is 0. The van der Waals surface area contributed by atoms with Crippen molar-refractivity contribution in [2.45, 2.75) is 10.8 Å². The fourth-order valence-electron chi connectivity index (χ4n) is 0.847. The number of thiazole rings is 1. The van der Waals surface area contributed by atoms with E-state index in [-0.39, 0.29) is 12.2 Å². The first-order chi connectivity index (χ1) is 8.13. The molecule has 0 aliphatic heterocycles. The highest BCUT2D eigenvalue weighted by Gasteiger charge is 2.06. The van der Waals surface area contributed by atoms with Crippen LogP contribution in [0.1, 0.15) is 11.3 Å². The number of aromatic nitrogens is 1. The number of hydrogen-bond acceptors (Lipinski definition) is 5. The van der Waals surface area contributed by atoms with Gasteiger partial charge in [0.25, 0.3) is 0 Å². The maximum Gasteiger partial charge on any atom is 0.301 e. The van der Waals surface area contributed by atoms with E-state index in [0.717, 1.165) is 4.88 Å². The highest BCUT2D eigenvalue weighted by Crippen LogP contribution is 2.26. The van der Waals surface area contributed by atoms with Gasteiger partial charge in [-0.2, -0.15) is 13.9 Å². The lowest BCUT2D eigenvalue weighted by Gasteiger charge is -1.94. The lowest BCUT2D eigenvalue weighted by Crippen LogP contribution is -1.93. The van der Waals surface area contributed by atoms with Crippen LogP contribution >= 0.6 is 23.1 Å². The van der Waals surface area contributed by atoms with Crippen LogP contribution in [0, 0.1) is 0 Å². The number of nitrogens with zero attached hydrogens (tertiary/aromatic N) is 2. The standard InChI is InChI=1S/C9H10F3N3S2/c1-13-15-5-6-4-14-9(17-6)16-3-2-7(10)8(11)12/h4-5,13H,2-3H2,1H3/b15-5+. The van der Waals surface area contributed by atoms with Crippen molar-refractivity contribution < 1.29 is 13.2 Å². The molecule has 0 bridgehead atoms. The summed E-state index contributed by atoms with van der Waals surface area (Å²) in [4.78, 5) is 4.89. The van der Waals surface area contributed by atoms with E-state index in [1.807, 2.05) is 0 Å². The zero-order chi connectivity index (χ0) is 12.7. The Labute approximate surface area is 105 Å². The molecule has 0 amide bonds. The second-order valence-electron chi connectivity index (χ2n) is 2.77. The van der Waals surface area contributed by atoms with Crippen molar-refractivity contribution in [3.63, 3.8) is 0 Å². The second-order valence-corrected chi connectivity index (χ2v) is 5.18. The number of thioether (sulfide) groups is 1. The topological polar surface area (TPSA) is 37.3 Å². The third-order valence-electron chi connectivity index (χ3n) is 1.58. The van der Waals surface area contributed by atoms with Crippen molar-refractivity contribution in [2.75, 3.05) is 12.8 Å². The molecule has 0 fully saturated rings. The molecule has 1 rings (SSSR count). The van der Waals surface area contributed by atoms with Crippen LogP contribution in [0.25, 0.3) is 0 Å². The van der Waals surface area contributed by atoms with Crippen molar-refractivity contribution in [2.24, 2.45) is 5.10 Å². The highest BCUT2D eigenvalue weighted by atomic mass is 32.2. The third kappa shape index (κ3) is 5.22. The van der Waals surface area contributed by atoms with Gasteiger partial charge >= 0.3 is 6.08 Å². The Hall–Kier alpha value is -1.02. The van der Waals surface area contributed by atoms with Crippen molar-refractivity contribution in [1.82, 2.24) is 10.4 Å². The van der Waals surface area contributed by atoms with Gasteiger partial charge in [0.15, 0.2) is 5.83 Å². The van der Waals surface area contributed by atoms with Crippen molar-refractivity contribution >= 4 is 29.3 Å². The van der Waals surface area contributed by atoms with Gasteiger partial charge in [-0.05, 0) is 0 Å². The van der Waals surface area contributed by atoms with Gasteiger partial charge in [-0.15, -0.1) is 11.3 Å². The normalized spacial score (nSPS) is 10.8. The van der Waals surface area contributed by atoms with Crippen LogP contribution in [-0.4, -0.2) is 24.0 Å². The van der Waals surface area contributed by atoms with Crippen LogP contribution in [0.4, 0.5) is 13.2 Å². The van der Waals surface area contributed by atoms with Crippen molar-refractivity contribution in [3.05, 3.63) is 23.0 Å². The first-order valence-corrected chi connectivity index (χ1v) is 6.41. The molecule has 0 aliphatic carbocycles. The second kappa shape index (κ2) is 7.33. The van der Waals surface area contributed by atoms with Crippen LogP contribution in [0.3, 0.4) is 0 Å². The Balaban J connectivity index is 2.40. The number of allylic oxidation sites excluding steroid dienone is 1. The Bertz CT molecular complexity index is 413. The molecule has 1 N–H and O–H groups in total. The third-order valence-corrected chi connectivity index (χ3v) is 3.67. The average Bonchev–Trinajstić information content (AvgIpc) is 2.74. The minimum atomic E-state index is -2.24. The quantitative estimate of drug-likeness (QED) is 0.494. The van der Waals surface area contributed by atoms with Crippen LogP contribution in [0.5, 0.6) is 0 Å². The van der Waals surface area contributed by atoms with Gasteiger partial charge in [0.05, 0.1) is 11.1 Å². The first kappa shape index (κ1) is 14.0. The molecule has 0 radical (unpaired) electrons. The summed E-state index contributed by atoms with van der Waals surface area (Å²) in [5, 5.41) is 3.81. The fourth-order valence-corrected chi connectivity index (χ4v) is 2.72. The largest absolute Gasteiger partial charge is 0.313 e. The maximum absolute atomic E-state index is 12.5. The molecule has 0 atom stereocenters. The summed E-state index contributed by atoms with van der Waals surface area (Å²) in [7, 11) is 1.67. The molecule has 0 saturated carbocycles. The van der Waals surface area contributed by atoms with Gasteiger partial charge in [0.2, 0.25) is 0 Å². The lowest BCUT2D eigenvalue weighted by atomic mass is 10.4. The van der Waals surface area contributed by atoms with Gasteiger partial charge in [-0.25, -0.2) is 9.37 Å². The van der Waals surface area contributed by atoms with E-state index in [0.29, 0.717) is 4.34 Å². The van der Waals surface area contributed by atoms with E-state index >= 15 is 0 Å². The van der Waals surface area contributed by atoms with Gasteiger partial charge in [0, 0.05) is 25.4 Å². The molecule has 1 aromatic heterocycles. The molecule has 0 aliphatic rings. The molecule has 3 nitrogen and oxygen atoms in total. The van der Waals surface area contributed by atoms with E-state index in [9.17, 15) is 13.2 Å². The Morgan fingerprint density at radius 3 is 3.00 bits per heavy atom. The highest BCUT2D eigenvalue weighted by molar-refractivity contribution is 8.01. The van der Waals surface area contributed by atoms with Gasteiger partial charge < -0.3 is 5.43 Å². The number of halogens is 3. The predicted octanol–water partition coefficient (Wildman–Crippen LogP) is 3.26. The zero-order valence-corrected chi connectivity index (χ0v) is 10.5. The minimum absolute atomic E-state index is 0.235. The van der Waals surface area contributed by atoms with Gasteiger partial charge in [0.1, 0.15) is 4.34 Å². The molecule has 0 saturated heterocycles. The molecule has 0 unspecified atom stereocenters. The van der Waals surface area contributed by atoms with E-state index in [1.54, 1.807) is 19.5 Å². The van der Waals surface area contributed by atoms with E-state index < -0.39 is 11.9 Å². The molecule has 94 valence electrons. The summed E-state index contributed by atoms with van der Waals surface area (Å²) >= 11 is 2.61. The Morgan fingerprint density at radius 1 is 1.59 bits per heavy atom. The molecular formula is C9H10F3N3S2. The van der Waals surface area contributed by atoms with Gasteiger partial charge in [-0.1, -0.05) is 11.8 Å². The predicted molar refractivity (Wildman–Crippen MR) is 64.5 cm³/mol. The summed E-state index contributed by atoms with van der Waals surface area (Å²) < 4.78 is 36.7. The number of hydrazone groups is 1. The first-order valence-electron chi connectivity index (χ1n) is 4.61. The molecule has 1 aromatic rings. The van der Waals surface area contributed by atoms with Crippen LogP contribution in [0.15, 0.2) is 27.5 Å². The van der Waals surface area contributed by atoms with Crippen LogP contribution < -0.4 is 5.43 Å². The SMILES string of the molecule is CN/N=C/c1cnc(SCCC(F)=C(F)F)s1. The fraction of sp³-hybridized carbons (Fsp3) is 0.333. The van der Waals surface area contributed by atoms with Gasteiger partial charge in [-0.3, -0.25) is 0 Å². The molecular weight excluding hydrogens is 271 g/mol. The molecule has 8 heteroatoms. The smallest absolute Gasteiger partial charge is 0.301 e. The van der Waals surface area contributed by atoms with E-state index in [4.69, 9.17) is 0 Å². The number of hydrogen-bond donors (Lipinski definition) is 1. The van der Waals surface area contributed by atoms with E-state index in [1.165, 1.54) is 23.1 Å². The summed E-state index contributed by atoms with van der Waals surface area (Å²) in [5.41, 5.74) is 2.60. The van der Waals surface area contributed by atoms with E-state index in [2.05, 4.69) is 15.5 Å². The Morgan fingerprint density at radius 2 is 2.35 bits per heavy atom. The van der Waals surface area contributed by atoms with Crippen LogP contribution in [-0.2, 0) is 0 Å². The molecule has 0 spiro atoms. The summed E-state index contributed by atoms with van der Waals surface area (Å²) in [6.45, 7) is 0. The zero-order valence-electron chi connectivity index (χ0n) is 8.91. The maximum atomic E-state index is 12.5. The summed E-state index contributed by atoms with van der Waals surface area (Å²) in [6.07, 6.45) is 0.692. The monoisotopic (exact) mass is 281 g/mol.